The topological polar surface area (TPSA) is 37.4 Å². The molecule has 0 radical (unpaired) electrons. The van der Waals surface area contributed by atoms with Gasteiger partial charge in [-0.05, 0) is 36.5 Å². The first kappa shape index (κ1) is 20.9. The first-order chi connectivity index (χ1) is 16.4. The van der Waals surface area contributed by atoms with Gasteiger partial charge in [0.25, 0.3) is 0 Å². The van der Waals surface area contributed by atoms with Crippen LogP contribution in [0.25, 0.3) is 5.70 Å². The third kappa shape index (κ3) is 3.03. The molecule has 1 heterocycles. The molecule has 0 saturated carbocycles. The van der Waals surface area contributed by atoms with Gasteiger partial charge in [0.1, 0.15) is 0 Å². The maximum absolute atomic E-state index is 13.9. The summed E-state index contributed by atoms with van der Waals surface area (Å²) in [5.74, 6) is -0.176. The van der Waals surface area contributed by atoms with Crippen molar-refractivity contribution in [3.8, 4) is 0 Å². The number of ketones is 2. The van der Waals surface area contributed by atoms with Gasteiger partial charge in [-0.2, -0.15) is 0 Å². The Kier molecular flexibility index (Phi) is 4.54. The third-order valence-electron chi connectivity index (χ3n) is 7.32. The predicted molar refractivity (Wildman–Crippen MR) is 136 cm³/mol. The summed E-state index contributed by atoms with van der Waals surface area (Å²) < 4.78 is 0. The molecule has 0 spiro atoms. The van der Waals surface area contributed by atoms with E-state index in [0.717, 1.165) is 51.3 Å². The van der Waals surface area contributed by atoms with Gasteiger partial charge < -0.3 is 4.90 Å². The number of rotatable bonds is 2. The van der Waals surface area contributed by atoms with Crippen LogP contribution < -0.4 is 4.90 Å². The highest BCUT2D eigenvalue weighted by atomic mass is 16.1. The Labute approximate surface area is 200 Å². The Morgan fingerprint density at radius 2 is 1.41 bits per heavy atom. The highest BCUT2D eigenvalue weighted by Gasteiger charge is 2.49. The summed E-state index contributed by atoms with van der Waals surface area (Å²) in [6, 6.07) is 26.3. The van der Waals surface area contributed by atoms with E-state index >= 15 is 0 Å². The van der Waals surface area contributed by atoms with Crippen molar-refractivity contribution in [1.82, 2.24) is 0 Å². The van der Waals surface area contributed by atoms with E-state index in [1.165, 1.54) is 5.56 Å². The van der Waals surface area contributed by atoms with Gasteiger partial charge in [0.2, 0.25) is 0 Å². The van der Waals surface area contributed by atoms with Crippen molar-refractivity contribution in [1.29, 1.82) is 0 Å². The molecule has 1 atom stereocenters. The van der Waals surface area contributed by atoms with Gasteiger partial charge in [0.15, 0.2) is 11.6 Å². The van der Waals surface area contributed by atoms with Crippen LogP contribution in [0.5, 0.6) is 0 Å². The number of nitrogens with zero attached hydrogens (tertiary/aromatic N) is 1. The molecule has 3 aromatic rings. The third-order valence-corrected chi connectivity index (χ3v) is 7.32. The smallest absolute Gasteiger partial charge is 0.192 e. The fourth-order valence-electron chi connectivity index (χ4n) is 5.86. The summed E-state index contributed by atoms with van der Waals surface area (Å²) in [5.41, 5.74) is 8.15. The van der Waals surface area contributed by atoms with Crippen molar-refractivity contribution < 1.29 is 9.59 Å². The Morgan fingerprint density at radius 3 is 2.12 bits per heavy atom. The van der Waals surface area contributed by atoms with E-state index in [0.29, 0.717) is 6.42 Å². The van der Waals surface area contributed by atoms with Gasteiger partial charge in [0.05, 0.1) is 5.70 Å². The summed E-state index contributed by atoms with van der Waals surface area (Å²) in [5, 5.41) is 0. The van der Waals surface area contributed by atoms with E-state index in [1.807, 2.05) is 54.6 Å². The average molecular weight is 446 g/mol. The van der Waals surface area contributed by atoms with Gasteiger partial charge in [-0.3, -0.25) is 9.59 Å². The normalized spacial score (nSPS) is 20.9. The molecule has 1 aliphatic heterocycles. The molecule has 3 heteroatoms. The number of aryl methyl sites for hydroxylation is 1. The van der Waals surface area contributed by atoms with Gasteiger partial charge in [0, 0.05) is 46.0 Å². The lowest BCUT2D eigenvalue weighted by molar-refractivity contribution is -0.118. The summed E-state index contributed by atoms with van der Waals surface area (Å²) in [6.07, 6.45) is 1.26. The van der Waals surface area contributed by atoms with Crippen molar-refractivity contribution in [2.75, 3.05) is 4.90 Å². The highest BCUT2D eigenvalue weighted by Crippen LogP contribution is 2.56. The Hall–Kier alpha value is -3.72. The molecule has 0 saturated heterocycles. The number of carbonyl (C=O) groups is 2. The van der Waals surface area contributed by atoms with Crippen LogP contribution in [0.15, 0.2) is 95.7 Å². The fraction of sp³-hybridized carbons (Fsp3) is 0.226. The van der Waals surface area contributed by atoms with E-state index in [9.17, 15) is 9.59 Å². The van der Waals surface area contributed by atoms with Crippen molar-refractivity contribution >= 4 is 23.0 Å². The summed E-state index contributed by atoms with van der Waals surface area (Å²) >= 11 is 0. The standard InChI is InChI=1S/C31H27NO2/c1-19-13-15-21(16-14-19)32-24-17-31(2,3)18-25(33)27(24)26(20-9-5-4-6-10-20)28-29(32)22-11-7-8-12-23(22)30(28)34/h4-16,26H,17-18H2,1-3H3/t26-/m0/s1. The quantitative estimate of drug-likeness (QED) is 0.433. The number of hydrogen-bond acceptors (Lipinski definition) is 3. The van der Waals surface area contributed by atoms with Crippen LogP contribution in [-0.2, 0) is 4.79 Å². The number of anilines is 1. The van der Waals surface area contributed by atoms with E-state index in [2.05, 4.69) is 49.9 Å². The molecule has 3 aliphatic rings. The monoisotopic (exact) mass is 445 g/mol. The van der Waals surface area contributed by atoms with E-state index in [1.54, 1.807) is 0 Å². The molecular formula is C31H27NO2. The molecule has 0 fully saturated rings. The lowest BCUT2D eigenvalue weighted by atomic mass is 9.68. The van der Waals surface area contributed by atoms with Crippen LogP contribution in [-0.4, -0.2) is 11.6 Å². The number of allylic oxidation sites excluding steroid dienone is 3. The van der Waals surface area contributed by atoms with Crippen LogP contribution in [0.1, 0.15) is 59.7 Å². The number of Topliss-reactive ketones (excluding diaryl/α,β-unsaturated/α-hetero) is 2. The lowest BCUT2D eigenvalue weighted by Gasteiger charge is -2.44. The minimum absolute atomic E-state index is 0.0285. The maximum Gasteiger partial charge on any atom is 0.192 e. The molecule has 0 bridgehead atoms. The molecule has 3 aromatic carbocycles. The van der Waals surface area contributed by atoms with Gasteiger partial charge in [-0.25, -0.2) is 0 Å². The molecule has 6 rings (SSSR count). The average Bonchev–Trinajstić information content (AvgIpc) is 3.11. The molecule has 0 N–H and O–H groups in total. The SMILES string of the molecule is Cc1ccc(N2C3=C(C(=O)CC(C)(C)C3)[C@H](c3ccccc3)C3=C2c2ccccc2C3=O)cc1. The zero-order valence-electron chi connectivity index (χ0n) is 19.8. The van der Waals surface area contributed by atoms with E-state index in [-0.39, 0.29) is 22.9 Å². The highest BCUT2D eigenvalue weighted by molar-refractivity contribution is 6.25. The Bertz CT molecular complexity index is 1410. The molecule has 0 amide bonds. The van der Waals surface area contributed by atoms with Crippen molar-refractivity contribution in [3.05, 3.63) is 118 Å². The lowest BCUT2D eigenvalue weighted by Crippen LogP contribution is -2.39. The fourth-order valence-corrected chi connectivity index (χ4v) is 5.86. The minimum Gasteiger partial charge on any atom is -0.313 e. The number of benzene rings is 3. The summed E-state index contributed by atoms with van der Waals surface area (Å²) in [4.78, 5) is 30.0. The van der Waals surface area contributed by atoms with Crippen molar-refractivity contribution in [3.63, 3.8) is 0 Å². The number of hydrogen-bond donors (Lipinski definition) is 0. The van der Waals surface area contributed by atoms with Gasteiger partial charge in [-0.1, -0.05) is 86.1 Å². The maximum atomic E-state index is 13.9. The van der Waals surface area contributed by atoms with Crippen LogP contribution in [0, 0.1) is 12.3 Å². The van der Waals surface area contributed by atoms with E-state index in [4.69, 9.17) is 0 Å². The van der Waals surface area contributed by atoms with Gasteiger partial charge in [-0.15, -0.1) is 0 Å². The van der Waals surface area contributed by atoms with Gasteiger partial charge >= 0.3 is 0 Å². The molecular weight excluding hydrogens is 418 g/mol. The summed E-state index contributed by atoms with van der Waals surface area (Å²) in [7, 11) is 0. The number of carbonyl (C=O) groups excluding carboxylic acids is 2. The zero-order valence-corrected chi connectivity index (χ0v) is 19.8. The Balaban J connectivity index is 1.70. The van der Waals surface area contributed by atoms with Crippen LogP contribution in [0.2, 0.25) is 0 Å². The molecule has 2 aliphatic carbocycles. The zero-order chi connectivity index (χ0) is 23.6. The van der Waals surface area contributed by atoms with Crippen molar-refractivity contribution in [2.45, 2.75) is 39.5 Å². The first-order valence-corrected chi connectivity index (χ1v) is 11.9. The molecule has 168 valence electrons. The summed E-state index contributed by atoms with van der Waals surface area (Å²) in [6.45, 7) is 6.40. The second-order valence-corrected chi connectivity index (χ2v) is 10.5. The van der Waals surface area contributed by atoms with Crippen LogP contribution in [0.4, 0.5) is 5.69 Å². The molecule has 34 heavy (non-hydrogen) atoms. The molecule has 3 nitrogen and oxygen atoms in total. The second kappa shape index (κ2) is 7.39. The molecule has 0 unspecified atom stereocenters. The number of fused-ring (bicyclic) bond motifs is 2. The molecule has 0 aromatic heterocycles. The van der Waals surface area contributed by atoms with Crippen LogP contribution in [0.3, 0.4) is 0 Å². The van der Waals surface area contributed by atoms with Crippen molar-refractivity contribution in [2.24, 2.45) is 5.41 Å². The predicted octanol–water partition coefficient (Wildman–Crippen LogP) is 6.85. The first-order valence-electron chi connectivity index (χ1n) is 11.9. The second-order valence-electron chi connectivity index (χ2n) is 10.5. The van der Waals surface area contributed by atoms with Crippen LogP contribution >= 0.6 is 0 Å². The minimum atomic E-state index is -0.351. The van der Waals surface area contributed by atoms with E-state index < -0.39 is 0 Å². The largest absolute Gasteiger partial charge is 0.313 e. The Morgan fingerprint density at radius 1 is 0.765 bits per heavy atom.